The van der Waals surface area contributed by atoms with Crippen molar-refractivity contribution >= 4 is 37.9 Å². The van der Waals surface area contributed by atoms with Gasteiger partial charge >= 0.3 is 0 Å². The lowest BCUT2D eigenvalue weighted by Gasteiger charge is -2.36. The van der Waals surface area contributed by atoms with E-state index >= 15 is 0 Å². The molecule has 1 amide bonds. The Morgan fingerprint density at radius 2 is 1.73 bits per heavy atom. The van der Waals surface area contributed by atoms with Gasteiger partial charge in [-0.25, -0.2) is 0 Å². The highest BCUT2D eigenvalue weighted by atomic mass is 32.2. The molecule has 0 spiro atoms. The fourth-order valence-electron chi connectivity index (χ4n) is 4.16. The minimum atomic E-state index is -3.46. The Hall–Kier alpha value is -2.42. The van der Waals surface area contributed by atoms with Crippen molar-refractivity contribution in [1.29, 1.82) is 0 Å². The summed E-state index contributed by atoms with van der Waals surface area (Å²) in [5.41, 5.74) is 1.64. The van der Waals surface area contributed by atoms with Crippen LogP contribution in [0, 0.1) is 0 Å². The van der Waals surface area contributed by atoms with Crippen LogP contribution in [-0.4, -0.2) is 67.1 Å². The maximum Gasteiger partial charge on any atom is 0.282 e. The van der Waals surface area contributed by atoms with Crippen molar-refractivity contribution in [2.45, 2.75) is 20.3 Å². The molecule has 1 fully saturated rings. The topological polar surface area (TPSA) is 74.1 Å². The molecule has 8 heteroatoms. The first-order valence-electron chi connectivity index (χ1n) is 10.4. The van der Waals surface area contributed by atoms with Crippen LogP contribution in [0.1, 0.15) is 19.4 Å². The summed E-state index contributed by atoms with van der Waals surface area (Å²) in [5.74, 6) is -0.00878. The van der Waals surface area contributed by atoms with Gasteiger partial charge in [0.2, 0.25) is 5.91 Å². The zero-order valence-corrected chi connectivity index (χ0v) is 18.2. The van der Waals surface area contributed by atoms with Gasteiger partial charge in [-0.1, -0.05) is 44.2 Å². The Morgan fingerprint density at radius 1 is 1.03 bits per heavy atom. The maximum absolute atomic E-state index is 13.0. The molecule has 0 unspecified atom stereocenters. The Bertz CT molecular complexity index is 1160. The number of carbonyl (C=O) groups is 1. The fraction of sp³-hybridized carbons (Fsp3) is 0.409. The van der Waals surface area contributed by atoms with Gasteiger partial charge in [-0.2, -0.15) is 17.0 Å². The van der Waals surface area contributed by atoms with E-state index in [1.54, 1.807) is 11.2 Å². The largest absolute Gasteiger partial charge is 0.464 e. The molecule has 0 saturated carbocycles. The number of benzene rings is 2. The molecule has 1 aliphatic rings. The van der Waals surface area contributed by atoms with E-state index in [9.17, 15) is 13.2 Å². The number of hydrogen-bond acceptors (Lipinski definition) is 4. The molecule has 0 aliphatic carbocycles. The number of furan rings is 1. The molecular weight excluding hydrogens is 402 g/mol. The number of nitrogens with zero attached hydrogens (tertiary/aromatic N) is 3. The molecule has 30 heavy (non-hydrogen) atoms. The fourth-order valence-corrected chi connectivity index (χ4v) is 5.76. The first kappa shape index (κ1) is 20.8. The van der Waals surface area contributed by atoms with Gasteiger partial charge in [-0.15, -0.1) is 0 Å². The number of piperazine rings is 1. The van der Waals surface area contributed by atoms with Crippen LogP contribution in [0.2, 0.25) is 0 Å². The number of amides is 1. The zero-order chi connectivity index (χ0) is 21.3. The molecule has 160 valence electrons. The number of rotatable bonds is 6. The quantitative estimate of drug-likeness (QED) is 0.604. The van der Waals surface area contributed by atoms with Gasteiger partial charge in [0, 0.05) is 50.2 Å². The summed E-state index contributed by atoms with van der Waals surface area (Å²) in [6.07, 6.45) is 1.90. The van der Waals surface area contributed by atoms with Crippen LogP contribution in [0.5, 0.6) is 0 Å². The summed E-state index contributed by atoms with van der Waals surface area (Å²) in [6, 6.07) is 12.0. The average Bonchev–Trinajstić information content (AvgIpc) is 3.17. The summed E-state index contributed by atoms with van der Waals surface area (Å²) in [7, 11) is -3.46. The molecule has 3 aromatic rings. The molecule has 0 N–H and O–H groups in total. The Kier molecular flexibility index (Phi) is 5.81. The number of carbonyl (C=O) groups excluding carboxylic acids is 1. The molecule has 1 aliphatic heterocycles. The van der Waals surface area contributed by atoms with Crippen molar-refractivity contribution in [3.63, 3.8) is 0 Å². The molecule has 7 nitrogen and oxygen atoms in total. The van der Waals surface area contributed by atoms with Crippen molar-refractivity contribution < 1.29 is 17.6 Å². The minimum Gasteiger partial charge on any atom is -0.464 e. The highest BCUT2D eigenvalue weighted by Crippen LogP contribution is 2.30. The van der Waals surface area contributed by atoms with Crippen molar-refractivity contribution in [3.8, 4) is 0 Å². The molecule has 2 aromatic carbocycles. The summed E-state index contributed by atoms with van der Waals surface area (Å²) in [5, 5.41) is 3.15. The van der Waals surface area contributed by atoms with E-state index in [1.807, 2.05) is 50.2 Å². The van der Waals surface area contributed by atoms with Gasteiger partial charge in [0.25, 0.3) is 10.2 Å². The van der Waals surface area contributed by atoms with Crippen molar-refractivity contribution in [2.75, 3.05) is 39.3 Å². The molecule has 1 saturated heterocycles. The Balaban J connectivity index is 1.48. The Morgan fingerprint density at radius 3 is 2.43 bits per heavy atom. The van der Waals surface area contributed by atoms with E-state index in [4.69, 9.17) is 4.42 Å². The SMILES string of the molecule is CCN(CC)S(=O)(=O)N1CCN(C(=O)Cc2coc3ccc4ccccc4c23)CC1. The minimum absolute atomic E-state index is 0.00878. The highest BCUT2D eigenvalue weighted by Gasteiger charge is 2.32. The van der Waals surface area contributed by atoms with Gasteiger partial charge < -0.3 is 9.32 Å². The van der Waals surface area contributed by atoms with Crippen molar-refractivity contribution in [1.82, 2.24) is 13.5 Å². The average molecular weight is 430 g/mol. The third-order valence-electron chi connectivity index (χ3n) is 5.83. The summed E-state index contributed by atoms with van der Waals surface area (Å²) >= 11 is 0. The second kappa shape index (κ2) is 8.37. The van der Waals surface area contributed by atoms with E-state index in [-0.39, 0.29) is 12.3 Å². The molecular formula is C22H27N3O4S. The van der Waals surface area contributed by atoms with Crippen LogP contribution in [0.25, 0.3) is 21.7 Å². The van der Waals surface area contributed by atoms with Crippen molar-refractivity contribution in [3.05, 3.63) is 48.2 Å². The van der Waals surface area contributed by atoms with Crippen molar-refractivity contribution in [2.24, 2.45) is 0 Å². The van der Waals surface area contributed by atoms with E-state index in [1.165, 1.54) is 8.61 Å². The molecule has 0 atom stereocenters. The summed E-state index contributed by atoms with van der Waals surface area (Å²) in [6.45, 7) is 5.99. The summed E-state index contributed by atoms with van der Waals surface area (Å²) in [4.78, 5) is 14.7. The number of hydrogen-bond donors (Lipinski definition) is 0. The summed E-state index contributed by atoms with van der Waals surface area (Å²) < 4.78 is 34.0. The predicted molar refractivity (Wildman–Crippen MR) is 117 cm³/mol. The number of fused-ring (bicyclic) bond motifs is 3. The Labute approximate surface area is 177 Å². The predicted octanol–water partition coefficient (Wildman–Crippen LogP) is 2.86. The van der Waals surface area contributed by atoms with Gasteiger partial charge in [0.15, 0.2) is 0 Å². The third kappa shape index (κ3) is 3.71. The molecule has 0 radical (unpaired) electrons. The molecule has 0 bridgehead atoms. The monoisotopic (exact) mass is 429 g/mol. The lowest BCUT2D eigenvalue weighted by atomic mass is 10.0. The maximum atomic E-state index is 13.0. The van der Waals surface area contributed by atoms with Crippen LogP contribution < -0.4 is 0 Å². The smallest absolute Gasteiger partial charge is 0.282 e. The second-order valence-corrected chi connectivity index (χ2v) is 9.40. The first-order chi connectivity index (χ1) is 14.5. The van der Waals surface area contributed by atoms with E-state index in [2.05, 4.69) is 0 Å². The normalized spacial score (nSPS) is 16.0. The lowest BCUT2D eigenvalue weighted by molar-refractivity contribution is -0.131. The second-order valence-electron chi connectivity index (χ2n) is 7.47. The van der Waals surface area contributed by atoms with Crippen LogP contribution in [0.4, 0.5) is 0 Å². The zero-order valence-electron chi connectivity index (χ0n) is 17.4. The highest BCUT2D eigenvalue weighted by molar-refractivity contribution is 7.86. The van der Waals surface area contributed by atoms with Crippen LogP contribution in [0.15, 0.2) is 47.1 Å². The van der Waals surface area contributed by atoms with Crippen LogP contribution in [-0.2, 0) is 21.4 Å². The van der Waals surface area contributed by atoms with E-state index < -0.39 is 10.2 Å². The van der Waals surface area contributed by atoms with E-state index in [0.29, 0.717) is 39.3 Å². The lowest BCUT2D eigenvalue weighted by Crippen LogP contribution is -2.54. The van der Waals surface area contributed by atoms with Crippen LogP contribution >= 0.6 is 0 Å². The first-order valence-corrected chi connectivity index (χ1v) is 11.8. The molecule has 4 rings (SSSR count). The van der Waals surface area contributed by atoms with Gasteiger partial charge in [-0.05, 0) is 16.8 Å². The molecule has 1 aromatic heterocycles. The van der Waals surface area contributed by atoms with E-state index in [0.717, 1.165) is 27.3 Å². The van der Waals surface area contributed by atoms with Crippen LogP contribution in [0.3, 0.4) is 0 Å². The van der Waals surface area contributed by atoms with Gasteiger partial charge in [0.1, 0.15) is 5.58 Å². The standard InChI is InChI=1S/C22H27N3O4S/c1-3-24(4-2)30(27,28)25-13-11-23(12-14-25)21(26)15-18-16-29-20-10-9-17-7-5-6-8-19(17)22(18)20/h5-10,16H,3-4,11-15H2,1-2H3. The van der Waals surface area contributed by atoms with Gasteiger partial charge in [0.05, 0.1) is 12.7 Å². The third-order valence-corrected chi connectivity index (χ3v) is 8.02. The van der Waals surface area contributed by atoms with Gasteiger partial charge in [-0.3, -0.25) is 4.79 Å². The molecule has 2 heterocycles.